The summed E-state index contributed by atoms with van der Waals surface area (Å²) >= 11 is 1.07. The van der Waals surface area contributed by atoms with Gasteiger partial charge in [-0.3, -0.25) is 9.69 Å². The smallest absolute Gasteiger partial charge is 0.411 e. The Labute approximate surface area is 198 Å². The van der Waals surface area contributed by atoms with E-state index in [2.05, 4.69) is 9.72 Å². The highest BCUT2D eigenvalue weighted by Gasteiger charge is 2.28. The molecule has 0 radical (unpaired) electrons. The quantitative estimate of drug-likeness (QED) is 0.366. The van der Waals surface area contributed by atoms with E-state index in [0.717, 1.165) is 16.9 Å². The number of esters is 1. The monoisotopic (exact) mass is 492 g/mol. The molecular formula is C24H23F3N2O4S. The van der Waals surface area contributed by atoms with E-state index in [-0.39, 0.29) is 25.7 Å². The molecule has 34 heavy (non-hydrogen) atoms. The molecule has 6 nitrogen and oxygen atoms in total. The second kappa shape index (κ2) is 11.3. The first kappa shape index (κ1) is 25.4. The number of anilines is 1. The Bertz CT molecular complexity index is 1120. The van der Waals surface area contributed by atoms with Crippen LogP contribution < -0.4 is 4.90 Å². The first-order chi connectivity index (χ1) is 16.2. The molecule has 3 aromatic rings. The predicted molar refractivity (Wildman–Crippen MR) is 122 cm³/mol. The van der Waals surface area contributed by atoms with Crippen molar-refractivity contribution in [3.05, 3.63) is 81.9 Å². The Morgan fingerprint density at radius 1 is 1.03 bits per heavy atom. The molecule has 3 rings (SSSR count). The Kier molecular flexibility index (Phi) is 8.41. The number of alkyl halides is 3. The number of aromatic nitrogens is 1. The van der Waals surface area contributed by atoms with E-state index in [0.29, 0.717) is 26.8 Å². The number of hydrogen-bond acceptors (Lipinski definition) is 6. The van der Waals surface area contributed by atoms with Gasteiger partial charge >= 0.3 is 12.1 Å². The van der Waals surface area contributed by atoms with Gasteiger partial charge in [0.05, 0.1) is 25.5 Å². The Balaban J connectivity index is 1.84. The van der Waals surface area contributed by atoms with E-state index in [4.69, 9.17) is 4.74 Å². The minimum atomic E-state index is -4.40. The fraction of sp³-hybridized carbons (Fsp3) is 0.292. The van der Waals surface area contributed by atoms with E-state index in [1.165, 1.54) is 17.0 Å². The van der Waals surface area contributed by atoms with E-state index in [1.54, 1.807) is 26.0 Å². The Morgan fingerprint density at radius 2 is 1.71 bits per heavy atom. The molecule has 0 N–H and O–H groups in total. The molecule has 1 heterocycles. The van der Waals surface area contributed by atoms with Crippen LogP contribution in [0.4, 0.5) is 18.3 Å². The molecule has 0 fully saturated rings. The minimum absolute atomic E-state index is 0.214. The van der Waals surface area contributed by atoms with Crippen LogP contribution in [0.5, 0.6) is 0 Å². The molecular weight excluding hydrogens is 469 g/mol. The maximum atomic E-state index is 13.4. The molecule has 1 amide bonds. The molecule has 0 spiro atoms. The van der Waals surface area contributed by atoms with Crippen molar-refractivity contribution >= 4 is 28.3 Å². The highest BCUT2D eigenvalue weighted by Crippen LogP contribution is 2.29. The van der Waals surface area contributed by atoms with Crippen molar-refractivity contribution in [1.29, 1.82) is 0 Å². The molecule has 0 saturated carbocycles. The summed E-state index contributed by atoms with van der Waals surface area (Å²) in [6.07, 6.45) is -4.40. The zero-order chi connectivity index (χ0) is 24.7. The highest BCUT2D eigenvalue weighted by molar-refractivity contribution is 7.17. The maximum absolute atomic E-state index is 13.4. The molecule has 2 aromatic carbocycles. The molecule has 0 bridgehead atoms. The number of benzene rings is 2. The molecule has 0 aliphatic carbocycles. The van der Waals surface area contributed by atoms with Gasteiger partial charge in [0.2, 0.25) is 0 Å². The molecule has 10 heteroatoms. The van der Waals surface area contributed by atoms with E-state index in [1.807, 2.05) is 30.3 Å². The minimum Gasteiger partial charge on any atom is -0.462 e. The van der Waals surface area contributed by atoms with E-state index in [9.17, 15) is 22.8 Å². The van der Waals surface area contributed by atoms with E-state index < -0.39 is 18.8 Å². The highest BCUT2D eigenvalue weighted by atomic mass is 32.1. The number of halogens is 3. The van der Waals surface area contributed by atoms with Crippen molar-refractivity contribution in [3.63, 3.8) is 0 Å². The summed E-state index contributed by atoms with van der Waals surface area (Å²) in [6, 6.07) is 15.4. The molecule has 0 aliphatic rings. The Morgan fingerprint density at radius 3 is 2.32 bits per heavy atom. The van der Waals surface area contributed by atoms with Gasteiger partial charge in [0.15, 0.2) is 5.13 Å². The molecule has 0 aliphatic heterocycles. The van der Waals surface area contributed by atoms with Gasteiger partial charge in [0, 0.05) is 5.56 Å². The lowest BCUT2D eigenvalue weighted by Crippen LogP contribution is -2.30. The van der Waals surface area contributed by atoms with Crippen LogP contribution >= 0.6 is 11.3 Å². The number of amides is 1. The summed E-state index contributed by atoms with van der Waals surface area (Å²) in [5.74, 6) is -0.866. The number of aryl methyl sites for hydroxylation is 1. The molecule has 0 unspecified atom stereocenters. The summed E-state index contributed by atoms with van der Waals surface area (Å²) in [7, 11) is 0. The van der Waals surface area contributed by atoms with Gasteiger partial charge in [-0.05, 0) is 37.1 Å². The molecule has 0 saturated heterocycles. The SMILES string of the molecule is CCOC(=O)c1sc(N(Cc2ccccc2)C(=O)c2ccc(COCC(F)(F)F)cc2)nc1C. The van der Waals surface area contributed by atoms with Gasteiger partial charge in [0.1, 0.15) is 11.5 Å². The number of carbonyl (C=O) groups is 2. The van der Waals surface area contributed by atoms with Crippen LogP contribution in [-0.2, 0) is 22.6 Å². The number of carbonyl (C=O) groups excluding carboxylic acids is 2. The van der Waals surface area contributed by atoms with Crippen molar-refractivity contribution < 1.29 is 32.2 Å². The van der Waals surface area contributed by atoms with Crippen molar-refractivity contribution in [3.8, 4) is 0 Å². The third-order valence-electron chi connectivity index (χ3n) is 4.64. The summed E-state index contributed by atoms with van der Waals surface area (Å²) in [4.78, 5) is 31.9. The van der Waals surface area contributed by atoms with Crippen LogP contribution in [-0.4, -0.2) is 36.3 Å². The average Bonchev–Trinajstić information content (AvgIpc) is 3.19. The third kappa shape index (κ3) is 6.88. The van der Waals surface area contributed by atoms with Crippen molar-refractivity contribution in [2.75, 3.05) is 18.1 Å². The van der Waals surface area contributed by atoms with E-state index >= 15 is 0 Å². The van der Waals surface area contributed by atoms with Gasteiger partial charge in [-0.25, -0.2) is 9.78 Å². The molecule has 0 atom stereocenters. The summed E-state index contributed by atoms with van der Waals surface area (Å²) in [5.41, 5.74) is 2.14. The van der Waals surface area contributed by atoms with Crippen molar-refractivity contribution in [2.24, 2.45) is 0 Å². The number of thiazole rings is 1. The first-order valence-electron chi connectivity index (χ1n) is 10.4. The third-order valence-corrected chi connectivity index (χ3v) is 5.80. The number of hydrogen-bond donors (Lipinski definition) is 0. The van der Waals surface area contributed by atoms with Crippen molar-refractivity contribution in [2.45, 2.75) is 33.2 Å². The van der Waals surface area contributed by atoms with Crippen LogP contribution in [0.1, 0.15) is 43.8 Å². The predicted octanol–water partition coefficient (Wildman–Crippen LogP) is 5.55. The summed E-state index contributed by atoms with van der Waals surface area (Å²) < 4.78 is 46.6. The summed E-state index contributed by atoms with van der Waals surface area (Å²) in [6.45, 7) is 2.25. The normalized spacial score (nSPS) is 11.3. The van der Waals surface area contributed by atoms with Crippen LogP contribution in [0.3, 0.4) is 0 Å². The Hall–Kier alpha value is -3.24. The van der Waals surface area contributed by atoms with Gasteiger partial charge in [-0.1, -0.05) is 53.8 Å². The van der Waals surface area contributed by atoms with Gasteiger partial charge in [0.25, 0.3) is 5.91 Å². The van der Waals surface area contributed by atoms with Crippen LogP contribution in [0.25, 0.3) is 0 Å². The van der Waals surface area contributed by atoms with Gasteiger partial charge in [-0.15, -0.1) is 0 Å². The van der Waals surface area contributed by atoms with Gasteiger partial charge in [-0.2, -0.15) is 13.2 Å². The first-order valence-corrected chi connectivity index (χ1v) is 11.2. The lowest BCUT2D eigenvalue weighted by molar-refractivity contribution is -0.176. The van der Waals surface area contributed by atoms with Crippen LogP contribution in [0, 0.1) is 6.92 Å². The molecule has 180 valence electrons. The molecule has 1 aromatic heterocycles. The average molecular weight is 493 g/mol. The topological polar surface area (TPSA) is 68.7 Å². The second-order valence-electron chi connectivity index (χ2n) is 7.31. The van der Waals surface area contributed by atoms with Crippen LogP contribution in [0.2, 0.25) is 0 Å². The largest absolute Gasteiger partial charge is 0.462 e. The number of nitrogens with zero attached hydrogens (tertiary/aromatic N) is 2. The lowest BCUT2D eigenvalue weighted by Gasteiger charge is -2.20. The van der Waals surface area contributed by atoms with Crippen LogP contribution in [0.15, 0.2) is 54.6 Å². The fourth-order valence-corrected chi connectivity index (χ4v) is 4.02. The standard InChI is InChI=1S/C24H23F3N2O4S/c1-3-33-22(31)20-16(2)28-23(34-20)29(13-17-7-5-4-6-8-17)21(30)19-11-9-18(10-12-19)14-32-15-24(25,26)27/h4-12H,3,13-15H2,1-2H3. The maximum Gasteiger partial charge on any atom is 0.411 e. The lowest BCUT2D eigenvalue weighted by atomic mass is 10.1. The van der Waals surface area contributed by atoms with Crippen molar-refractivity contribution in [1.82, 2.24) is 4.98 Å². The zero-order valence-electron chi connectivity index (χ0n) is 18.6. The van der Waals surface area contributed by atoms with Gasteiger partial charge < -0.3 is 9.47 Å². The number of ether oxygens (including phenoxy) is 2. The zero-order valence-corrected chi connectivity index (χ0v) is 19.4. The number of rotatable bonds is 9. The summed E-state index contributed by atoms with van der Waals surface area (Å²) in [5, 5.41) is 0.340. The second-order valence-corrected chi connectivity index (χ2v) is 8.29. The fourth-order valence-electron chi connectivity index (χ4n) is 3.06.